The summed E-state index contributed by atoms with van der Waals surface area (Å²) in [6.07, 6.45) is 2.62. The molecule has 0 amide bonds. The Morgan fingerprint density at radius 2 is 2.06 bits per heavy atom. The monoisotopic (exact) mass is 231 g/mol. The molecule has 16 heavy (non-hydrogen) atoms. The van der Waals surface area contributed by atoms with Crippen molar-refractivity contribution in [3.05, 3.63) is 0 Å². The van der Waals surface area contributed by atoms with Gasteiger partial charge >= 0.3 is 5.97 Å². The number of aliphatic carboxylic acids is 1. The molecule has 0 aromatic rings. The van der Waals surface area contributed by atoms with Crippen LogP contribution in [0.5, 0.6) is 0 Å². The minimum atomic E-state index is -0.777. The molecule has 0 saturated carbocycles. The van der Waals surface area contributed by atoms with Crippen LogP contribution in [0.1, 0.15) is 47.0 Å². The average Bonchev–Trinajstić information content (AvgIpc) is 2.17. The van der Waals surface area contributed by atoms with Gasteiger partial charge in [-0.3, -0.25) is 4.79 Å². The summed E-state index contributed by atoms with van der Waals surface area (Å²) in [5.74, 6) is -0.777. The van der Waals surface area contributed by atoms with E-state index in [1.54, 1.807) is 0 Å². The SMILES string of the molecule is CCCCC(NCC(C)(C)OCC)C(=O)O. The van der Waals surface area contributed by atoms with Crippen LogP contribution in [0, 0.1) is 0 Å². The first-order valence-corrected chi connectivity index (χ1v) is 6.03. The smallest absolute Gasteiger partial charge is 0.320 e. The summed E-state index contributed by atoms with van der Waals surface area (Å²) in [6, 6.07) is -0.459. The normalized spacial score (nSPS) is 13.8. The summed E-state index contributed by atoms with van der Waals surface area (Å²) in [5.41, 5.74) is -0.311. The zero-order valence-electron chi connectivity index (χ0n) is 10.9. The second-order valence-electron chi connectivity index (χ2n) is 4.61. The summed E-state index contributed by atoms with van der Waals surface area (Å²) in [7, 11) is 0. The van der Waals surface area contributed by atoms with Crippen LogP contribution in [-0.4, -0.2) is 35.9 Å². The maximum Gasteiger partial charge on any atom is 0.320 e. The van der Waals surface area contributed by atoms with Crippen LogP contribution in [-0.2, 0) is 9.53 Å². The van der Waals surface area contributed by atoms with Crippen LogP contribution in [0.4, 0.5) is 0 Å². The van der Waals surface area contributed by atoms with E-state index in [-0.39, 0.29) is 5.60 Å². The molecule has 0 bridgehead atoms. The maximum atomic E-state index is 11.0. The van der Waals surface area contributed by atoms with Crippen molar-refractivity contribution in [2.45, 2.75) is 58.6 Å². The third-order valence-electron chi connectivity index (χ3n) is 2.45. The number of nitrogens with one attached hydrogen (secondary N) is 1. The lowest BCUT2D eigenvalue weighted by molar-refractivity contribution is -0.140. The van der Waals surface area contributed by atoms with Crippen molar-refractivity contribution in [1.82, 2.24) is 5.32 Å². The van der Waals surface area contributed by atoms with Gasteiger partial charge in [-0.25, -0.2) is 0 Å². The van der Waals surface area contributed by atoms with Gasteiger partial charge in [-0.2, -0.15) is 0 Å². The van der Waals surface area contributed by atoms with E-state index in [0.717, 1.165) is 12.8 Å². The Morgan fingerprint density at radius 3 is 2.50 bits per heavy atom. The van der Waals surface area contributed by atoms with Gasteiger partial charge in [0.05, 0.1) is 5.60 Å². The van der Waals surface area contributed by atoms with E-state index >= 15 is 0 Å². The number of rotatable bonds is 9. The summed E-state index contributed by atoms with van der Waals surface area (Å²) >= 11 is 0. The average molecular weight is 231 g/mol. The number of carboxylic acid groups (broad SMARTS) is 1. The molecule has 0 saturated heterocycles. The van der Waals surface area contributed by atoms with Gasteiger partial charge in [-0.05, 0) is 27.2 Å². The van der Waals surface area contributed by atoms with E-state index in [0.29, 0.717) is 19.6 Å². The molecular formula is C12H25NO3. The van der Waals surface area contributed by atoms with Crippen LogP contribution in [0.25, 0.3) is 0 Å². The van der Waals surface area contributed by atoms with Crippen molar-refractivity contribution in [3.8, 4) is 0 Å². The van der Waals surface area contributed by atoms with Crippen LogP contribution in [0.2, 0.25) is 0 Å². The third kappa shape index (κ3) is 6.80. The standard InChI is InChI=1S/C12H25NO3/c1-5-7-8-10(11(14)15)13-9-12(3,4)16-6-2/h10,13H,5-9H2,1-4H3,(H,14,15). The van der Waals surface area contributed by atoms with Gasteiger partial charge in [0.2, 0.25) is 0 Å². The van der Waals surface area contributed by atoms with E-state index in [1.165, 1.54) is 0 Å². The molecule has 1 unspecified atom stereocenters. The number of carboxylic acids is 1. The van der Waals surface area contributed by atoms with Crippen LogP contribution in [0.15, 0.2) is 0 Å². The molecule has 0 rings (SSSR count). The Balaban J connectivity index is 4.05. The van der Waals surface area contributed by atoms with Gasteiger partial charge in [0.25, 0.3) is 0 Å². The van der Waals surface area contributed by atoms with Crippen molar-refractivity contribution in [1.29, 1.82) is 0 Å². The maximum absolute atomic E-state index is 11.0. The first-order chi connectivity index (χ1) is 7.43. The minimum absolute atomic E-state index is 0.311. The molecule has 4 heteroatoms. The predicted molar refractivity (Wildman–Crippen MR) is 64.7 cm³/mol. The van der Waals surface area contributed by atoms with E-state index in [2.05, 4.69) is 12.2 Å². The number of hydrogen-bond donors (Lipinski definition) is 2. The second-order valence-corrected chi connectivity index (χ2v) is 4.61. The molecule has 0 fully saturated rings. The summed E-state index contributed by atoms with van der Waals surface area (Å²) in [6.45, 7) is 9.11. The van der Waals surface area contributed by atoms with Crippen LogP contribution < -0.4 is 5.32 Å². The highest BCUT2D eigenvalue weighted by Crippen LogP contribution is 2.09. The highest BCUT2D eigenvalue weighted by atomic mass is 16.5. The number of ether oxygens (including phenoxy) is 1. The van der Waals surface area contributed by atoms with E-state index in [9.17, 15) is 4.79 Å². The van der Waals surface area contributed by atoms with E-state index in [4.69, 9.17) is 9.84 Å². The van der Waals surface area contributed by atoms with E-state index < -0.39 is 12.0 Å². The molecule has 0 aromatic carbocycles. The molecule has 96 valence electrons. The first-order valence-electron chi connectivity index (χ1n) is 6.03. The van der Waals surface area contributed by atoms with Gasteiger partial charge in [0.1, 0.15) is 6.04 Å². The highest BCUT2D eigenvalue weighted by molar-refractivity contribution is 5.73. The first kappa shape index (κ1) is 15.4. The van der Waals surface area contributed by atoms with Crippen molar-refractivity contribution < 1.29 is 14.6 Å². The Bertz CT molecular complexity index is 204. The topological polar surface area (TPSA) is 58.6 Å². The fraction of sp³-hybridized carbons (Fsp3) is 0.917. The second kappa shape index (κ2) is 7.63. The molecule has 0 aliphatic rings. The third-order valence-corrected chi connectivity index (χ3v) is 2.45. The number of unbranched alkanes of at least 4 members (excludes halogenated alkanes) is 1. The molecular weight excluding hydrogens is 206 g/mol. The van der Waals surface area contributed by atoms with Gasteiger partial charge in [-0.15, -0.1) is 0 Å². The van der Waals surface area contributed by atoms with Gasteiger partial charge in [-0.1, -0.05) is 19.8 Å². The molecule has 0 aliphatic carbocycles. The number of hydrogen-bond acceptors (Lipinski definition) is 3. The summed E-state index contributed by atoms with van der Waals surface area (Å²) in [5, 5.41) is 12.1. The Labute approximate surface area is 98.4 Å². The molecule has 0 aromatic heterocycles. The van der Waals surface area contributed by atoms with Gasteiger partial charge in [0.15, 0.2) is 0 Å². The van der Waals surface area contributed by atoms with Crippen molar-refractivity contribution in [2.75, 3.05) is 13.2 Å². The van der Waals surface area contributed by atoms with Crippen LogP contribution in [0.3, 0.4) is 0 Å². The molecule has 4 nitrogen and oxygen atoms in total. The fourth-order valence-electron chi connectivity index (χ4n) is 1.53. The predicted octanol–water partition coefficient (Wildman–Crippen LogP) is 2.03. The van der Waals surface area contributed by atoms with Gasteiger partial charge < -0.3 is 15.2 Å². The summed E-state index contributed by atoms with van der Waals surface area (Å²) in [4.78, 5) is 11.0. The van der Waals surface area contributed by atoms with Gasteiger partial charge in [0, 0.05) is 13.2 Å². The lowest BCUT2D eigenvalue weighted by Gasteiger charge is -2.27. The summed E-state index contributed by atoms with van der Waals surface area (Å²) < 4.78 is 5.51. The molecule has 2 N–H and O–H groups in total. The lowest BCUT2D eigenvalue weighted by Crippen LogP contribution is -2.45. The Hall–Kier alpha value is -0.610. The Kier molecular flexibility index (Phi) is 7.34. The zero-order chi connectivity index (χ0) is 12.6. The largest absolute Gasteiger partial charge is 0.480 e. The molecule has 0 spiro atoms. The number of carbonyl (C=O) groups is 1. The van der Waals surface area contributed by atoms with E-state index in [1.807, 2.05) is 20.8 Å². The molecule has 1 atom stereocenters. The highest BCUT2D eigenvalue weighted by Gasteiger charge is 2.22. The zero-order valence-corrected chi connectivity index (χ0v) is 10.9. The van der Waals surface area contributed by atoms with Crippen molar-refractivity contribution in [3.63, 3.8) is 0 Å². The Morgan fingerprint density at radius 1 is 1.44 bits per heavy atom. The molecule has 0 radical (unpaired) electrons. The quantitative estimate of drug-likeness (QED) is 0.637. The minimum Gasteiger partial charge on any atom is -0.480 e. The lowest BCUT2D eigenvalue weighted by atomic mass is 10.1. The molecule has 0 heterocycles. The molecule has 0 aliphatic heterocycles. The van der Waals surface area contributed by atoms with Crippen LogP contribution >= 0.6 is 0 Å². The van der Waals surface area contributed by atoms with Crippen molar-refractivity contribution in [2.24, 2.45) is 0 Å². The van der Waals surface area contributed by atoms with Crippen molar-refractivity contribution >= 4 is 5.97 Å². The fourth-order valence-corrected chi connectivity index (χ4v) is 1.53.